The summed E-state index contributed by atoms with van der Waals surface area (Å²) in [5.41, 5.74) is 1.12. The largest absolute Gasteiger partial charge is 0.381 e. The molecule has 2 saturated heterocycles. The van der Waals surface area contributed by atoms with E-state index in [-0.39, 0.29) is 36.2 Å². The second kappa shape index (κ2) is 11.9. The fourth-order valence-corrected chi connectivity index (χ4v) is 3.90. The number of nitrogens with zero attached hydrogens (tertiary/aromatic N) is 4. The summed E-state index contributed by atoms with van der Waals surface area (Å²) in [6.07, 6.45) is 3.54. The van der Waals surface area contributed by atoms with Crippen molar-refractivity contribution in [1.29, 1.82) is 0 Å². The minimum atomic E-state index is 0. The third-order valence-electron chi connectivity index (χ3n) is 5.22. The van der Waals surface area contributed by atoms with E-state index in [9.17, 15) is 0 Å². The number of hydrogen-bond acceptors (Lipinski definition) is 5. The van der Waals surface area contributed by atoms with E-state index >= 15 is 0 Å². The van der Waals surface area contributed by atoms with Crippen molar-refractivity contribution in [3.63, 3.8) is 0 Å². The van der Waals surface area contributed by atoms with Crippen molar-refractivity contribution in [2.45, 2.75) is 45.9 Å². The first kappa shape index (κ1) is 24.1. The molecular weight excluding hydrogens is 481 g/mol. The topological polar surface area (TPSA) is 62.2 Å². The summed E-state index contributed by atoms with van der Waals surface area (Å²) in [7, 11) is 2.10. The molecule has 3 atom stereocenters. The third kappa shape index (κ3) is 7.25. The lowest BCUT2D eigenvalue weighted by molar-refractivity contribution is -0.00545. The van der Waals surface area contributed by atoms with Crippen LogP contribution in [0.3, 0.4) is 0 Å². The molecule has 0 radical (unpaired) electrons. The summed E-state index contributed by atoms with van der Waals surface area (Å²) in [4.78, 5) is 14.0. The molecule has 29 heavy (non-hydrogen) atoms. The number of anilines is 1. The number of hydrogen-bond donors (Lipinski definition) is 1. The Balaban J connectivity index is 0.00000300. The van der Waals surface area contributed by atoms with Gasteiger partial charge in [0.2, 0.25) is 0 Å². The van der Waals surface area contributed by atoms with Gasteiger partial charge < -0.3 is 24.6 Å². The van der Waals surface area contributed by atoms with Crippen LogP contribution in [0.2, 0.25) is 0 Å². The Bertz CT molecular complexity index is 626. The first-order valence-corrected chi connectivity index (χ1v) is 10.5. The van der Waals surface area contributed by atoms with E-state index in [1.807, 2.05) is 6.20 Å². The molecule has 1 aromatic heterocycles. The molecule has 2 aliphatic rings. The second-order valence-electron chi connectivity index (χ2n) is 7.97. The van der Waals surface area contributed by atoms with E-state index < -0.39 is 0 Å². The number of nitrogens with one attached hydrogen (secondary N) is 1. The smallest absolute Gasteiger partial charge is 0.193 e. The summed E-state index contributed by atoms with van der Waals surface area (Å²) >= 11 is 0. The van der Waals surface area contributed by atoms with Crippen LogP contribution in [0.1, 0.15) is 32.8 Å². The van der Waals surface area contributed by atoms with Gasteiger partial charge in [-0.1, -0.05) is 6.07 Å². The van der Waals surface area contributed by atoms with Gasteiger partial charge in [0.05, 0.1) is 25.4 Å². The Hall–Kier alpha value is -1.13. The molecule has 3 heterocycles. The average molecular weight is 517 g/mol. The quantitative estimate of drug-likeness (QED) is 0.356. The molecule has 7 nitrogen and oxygen atoms in total. The highest BCUT2D eigenvalue weighted by Crippen LogP contribution is 2.19. The maximum Gasteiger partial charge on any atom is 0.193 e. The third-order valence-corrected chi connectivity index (χ3v) is 5.22. The molecule has 1 aromatic rings. The zero-order valence-corrected chi connectivity index (χ0v) is 20.5. The van der Waals surface area contributed by atoms with Crippen LogP contribution in [0.4, 0.5) is 5.82 Å². The number of guanidine groups is 1. The van der Waals surface area contributed by atoms with Gasteiger partial charge in [-0.05, 0) is 38.8 Å². The van der Waals surface area contributed by atoms with Crippen LogP contribution >= 0.6 is 24.0 Å². The minimum Gasteiger partial charge on any atom is -0.381 e. The first-order valence-electron chi connectivity index (χ1n) is 10.5. The standard InChI is InChI=1S/C21H35N5O2.HI/c1-5-22-21(25(4)14-19-8-9-27-15-19)24-11-18-6-7-20(23-10-18)26-12-16(2)28-17(3)13-26;/h6-7,10,16-17,19H,5,8-9,11-15H2,1-4H3,(H,22,24);1H. The van der Waals surface area contributed by atoms with Crippen LogP contribution in [0.25, 0.3) is 0 Å². The van der Waals surface area contributed by atoms with Gasteiger partial charge in [-0.25, -0.2) is 9.98 Å². The number of halogens is 1. The second-order valence-corrected chi connectivity index (χ2v) is 7.97. The molecule has 0 aliphatic carbocycles. The number of pyridine rings is 1. The highest BCUT2D eigenvalue weighted by Gasteiger charge is 2.23. The predicted molar refractivity (Wildman–Crippen MR) is 128 cm³/mol. The Morgan fingerprint density at radius 3 is 2.66 bits per heavy atom. The summed E-state index contributed by atoms with van der Waals surface area (Å²) in [6.45, 7) is 12.3. The molecule has 0 aromatic carbocycles. The zero-order chi connectivity index (χ0) is 19.9. The minimum absolute atomic E-state index is 0. The Kier molecular flexibility index (Phi) is 9.91. The van der Waals surface area contributed by atoms with Gasteiger partial charge in [-0.2, -0.15) is 0 Å². The molecule has 0 spiro atoms. The van der Waals surface area contributed by atoms with Gasteiger partial charge in [0.25, 0.3) is 0 Å². The molecule has 0 amide bonds. The van der Waals surface area contributed by atoms with Crippen molar-refractivity contribution in [2.24, 2.45) is 10.9 Å². The lowest BCUT2D eigenvalue weighted by Gasteiger charge is -2.36. The van der Waals surface area contributed by atoms with E-state index in [0.29, 0.717) is 12.5 Å². The van der Waals surface area contributed by atoms with Gasteiger partial charge in [0.1, 0.15) is 5.82 Å². The maximum absolute atomic E-state index is 5.81. The van der Waals surface area contributed by atoms with Crippen molar-refractivity contribution in [1.82, 2.24) is 15.2 Å². The van der Waals surface area contributed by atoms with Gasteiger partial charge in [0.15, 0.2) is 5.96 Å². The van der Waals surface area contributed by atoms with Crippen molar-refractivity contribution in [3.8, 4) is 0 Å². The van der Waals surface area contributed by atoms with Gasteiger partial charge in [0, 0.05) is 51.9 Å². The van der Waals surface area contributed by atoms with E-state index in [1.54, 1.807) is 0 Å². The molecule has 3 unspecified atom stereocenters. The summed E-state index contributed by atoms with van der Waals surface area (Å²) in [6, 6.07) is 4.23. The van der Waals surface area contributed by atoms with Crippen molar-refractivity contribution in [3.05, 3.63) is 23.9 Å². The summed E-state index contributed by atoms with van der Waals surface area (Å²) in [5.74, 6) is 2.54. The fraction of sp³-hybridized carbons (Fsp3) is 0.714. The number of morpholine rings is 1. The average Bonchev–Trinajstić information content (AvgIpc) is 3.17. The number of rotatable bonds is 6. The van der Waals surface area contributed by atoms with Crippen LogP contribution < -0.4 is 10.2 Å². The van der Waals surface area contributed by atoms with Crippen molar-refractivity contribution >= 4 is 35.8 Å². The number of ether oxygens (including phenoxy) is 2. The zero-order valence-electron chi connectivity index (χ0n) is 18.1. The van der Waals surface area contributed by atoms with E-state index in [4.69, 9.17) is 14.5 Å². The predicted octanol–water partition coefficient (Wildman–Crippen LogP) is 2.75. The molecule has 0 bridgehead atoms. The normalized spacial score (nSPS) is 24.9. The highest BCUT2D eigenvalue weighted by molar-refractivity contribution is 14.0. The van der Waals surface area contributed by atoms with Crippen LogP contribution in [-0.4, -0.2) is 74.5 Å². The monoisotopic (exact) mass is 517 g/mol. The van der Waals surface area contributed by atoms with Crippen LogP contribution in [0.5, 0.6) is 0 Å². The first-order chi connectivity index (χ1) is 13.5. The molecule has 3 rings (SSSR count). The maximum atomic E-state index is 5.81. The molecular formula is C21H36IN5O2. The molecule has 164 valence electrons. The van der Waals surface area contributed by atoms with Crippen molar-refractivity contribution in [2.75, 3.05) is 51.3 Å². The SMILES string of the molecule is CCNC(=NCc1ccc(N2CC(C)OC(C)C2)nc1)N(C)CC1CCOC1.I. The Morgan fingerprint density at radius 2 is 2.07 bits per heavy atom. The highest BCUT2D eigenvalue weighted by atomic mass is 127. The van der Waals surface area contributed by atoms with Crippen LogP contribution in [0, 0.1) is 5.92 Å². The molecule has 8 heteroatoms. The van der Waals surface area contributed by atoms with Gasteiger partial charge in [-0.3, -0.25) is 0 Å². The lowest BCUT2D eigenvalue weighted by atomic mass is 10.1. The van der Waals surface area contributed by atoms with Gasteiger partial charge in [-0.15, -0.1) is 24.0 Å². The number of aliphatic imine (C=N–C) groups is 1. The van der Waals surface area contributed by atoms with Crippen molar-refractivity contribution < 1.29 is 9.47 Å². The fourth-order valence-electron chi connectivity index (χ4n) is 3.90. The van der Waals surface area contributed by atoms with Crippen LogP contribution in [0.15, 0.2) is 23.3 Å². The van der Waals surface area contributed by atoms with E-state index in [1.165, 1.54) is 0 Å². The number of aromatic nitrogens is 1. The Labute approximate surface area is 192 Å². The lowest BCUT2D eigenvalue weighted by Crippen LogP contribution is -2.45. The van der Waals surface area contributed by atoms with E-state index in [0.717, 1.165) is 63.2 Å². The summed E-state index contributed by atoms with van der Waals surface area (Å²) in [5, 5.41) is 3.39. The van der Waals surface area contributed by atoms with E-state index in [2.05, 4.69) is 60.1 Å². The molecule has 2 fully saturated rings. The molecule has 1 N–H and O–H groups in total. The van der Waals surface area contributed by atoms with Crippen LogP contribution in [-0.2, 0) is 16.0 Å². The molecule has 0 saturated carbocycles. The Morgan fingerprint density at radius 1 is 1.31 bits per heavy atom. The van der Waals surface area contributed by atoms with Gasteiger partial charge >= 0.3 is 0 Å². The molecule has 2 aliphatic heterocycles. The summed E-state index contributed by atoms with van der Waals surface area (Å²) < 4.78 is 11.3.